The van der Waals surface area contributed by atoms with Gasteiger partial charge in [0.05, 0.1) is 0 Å². The molecule has 2 aromatic carbocycles. The first-order valence-electron chi connectivity index (χ1n) is 10.9. The molecule has 0 amide bonds. The molecule has 0 spiro atoms. The molecule has 0 radical (unpaired) electrons. The lowest BCUT2D eigenvalue weighted by Gasteiger charge is -2.19. The number of nitrogens with one attached hydrogen (secondary N) is 2. The second kappa shape index (κ2) is 11.8. The van der Waals surface area contributed by atoms with Crippen LogP contribution in [0.1, 0.15) is 23.6 Å². The fraction of sp³-hybridized carbons (Fsp3) is 0.375. The van der Waals surface area contributed by atoms with Crippen LogP contribution in [0.5, 0.6) is 0 Å². The summed E-state index contributed by atoms with van der Waals surface area (Å²) in [6.07, 6.45) is 1.52. The topological polar surface area (TPSA) is 70.4 Å². The van der Waals surface area contributed by atoms with Gasteiger partial charge < -0.3 is 20.1 Å². The van der Waals surface area contributed by atoms with E-state index in [0.717, 1.165) is 31.2 Å². The van der Waals surface area contributed by atoms with E-state index in [9.17, 15) is 4.39 Å². The Morgan fingerprint density at radius 3 is 2.47 bits per heavy atom. The van der Waals surface area contributed by atoms with Gasteiger partial charge in [-0.25, -0.2) is 9.38 Å². The van der Waals surface area contributed by atoms with Gasteiger partial charge in [0.2, 0.25) is 0 Å². The summed E-state index contributed by atoms with van der Waals surface area (Å²) < 4.78 is 15.8. The molecule has 0 unspecified atom stereocenters. The molecule has 8 heteroatoms. The number of aromatic nitrogens is 3. The number of aliphatic imine (C=N–C) groups is 1. The second-order valence-corrected chi connectivity index (χ2v) is 7.69. The zero-order valence-corrected chi connectivity index (χ0v) is 19.1. The summed E-state index contributed by atoms with van der Waals surface area (Å²) in [5.74, 6) is 2.14. The van der Waals surface area contributed by atoms with E-state index < -0.39 is 0 Å². The number of rotatable bonds is 10. The van der Waals surface area contributed by atoms with Crippen molar-refractivity contribution < 1.29 is 4.39 Å². The van der Waals surface area contributed by atoms with E-state index in [0.29, 0.717) is 31.0 Å². The van der Waals surface area contributed by atoms with Gasteiger partial charge in [0.1, 0.15) is 18.2 Å². The Kier molecular flexibility index (Phi) is 8.60. The second-order valence-electron chi connectivity index (χ2n) is 7.69. The lowest BCUT2D eigenvalue weighted by Crippen LogP contribution is -2.39. The first-order valence-corrected chi connectivity index (χ1v) is 10.9. The van der Waals surface area contributed by atoms with Crippen LogP contribution in [0.4, 0.5) is 10.1 Å². The van der Waals surface area contributed by atoms with Crippen LogP contribution in [0, 0.1) is 12.7 Å². The first kappa shape index (κ1) is 23.2. The molecule has 170 valence electrons. The van der Waals surface area contributed by atoms with Crippen molar-refractivity contribution in [2.75, 3.05) is 31.6 Å². The Hall–Kier alpha value is -3.42. The number of hydrogen-bond acceptors (Lipinski definition) is 4. The quantitative estimate of drug-likeness (QED) is 0.290. The van der Waals surface area contributed by atoms with Crippen molar-refractivity contribution in [3.8, 4) is 0 Å². The zero-order valence-electron chi connectivity index (χ0n) is 19.1. The Morgan fingerprint density at radius 1 is 1.03 bits per heavy atom. The summed E-state index contributed by atoms with van der Waals surface area (Å²) in [7, 11) is 4.02. The van der Waals surface area contributed by atoms with Crippen molar-refractivity contribution in [1.82, 2.24) is 25.4 Å². The third kappa shape index (κ3) is 6.80. The predicted octanol–water partition coefficient (Wildman–Crippen LogP) is 3.07. The fourth-order valence-electron chi connectivity index (χ4n) is 3.26. The Labute approximate surface area is 189 Å². The molecular weight excluding hydrogens is 405 g/mol. The molecule has 1 aromatic heterocycles. The summed E-state index contributed by atoms with van der Waals surface area (Å²) in [6, 6.07) is 17.2. The highest BCUT2D eigenvalue weighted by molar-refractivity contribution is 5.79. The van der Waals surface area contributed by atoms with Crippen molar-refractivity contribution in [1.29, 1.82) is 0 Å². The highest BCUT2D eigenvalue weighted by atomic mass is 19.1. The zero-order chi connectivity index (χ0) is 22.8. The van der Waals surface area contributed by atoms with Crippen LogP contribution in [-0.2, 0) is 20.0 Å². The van der Waals surface area contributed by atoms with E-state index in [1.807, 2.05) is 48.9 Å². The van der Waals surface area contributed by atoms with E-state index in [2.05, 4.69) is 49.9 Å². The maximum absolute atomic E-state index is 13.9. The molecule has 0 aliphatic rings. The maximum Gasteiger partial charge on any atom is 0.191 e. The minimum Gasteiger partial charge on any atom is -0.375 e. The highest BCUT2D eigenvalue weighted by Gasteiger charge is 2.07. The van der Waals surface area contributed by atoms with Crippen molar-refractivity contribution in [3.63, 3.8) is 0 Å². The fourth-order valence-corrected chi connectivity index (χ4v) is 3.26. The normalized spacial score (nSPS) is 11.4. The van der Waals surface area contributed by atoms with Crippen molar-refractivity contribution in [2.24, 2.45) is 12.0 Å². The molecule has 7 nitrogen and oxygen atoms in total. The van der Waals surface area contributed by atoms with Crippen LogP contribution in [-0.4, -0.2) is 47.4 Å². The minimum atomic E-state index is -0.181. The summed E-state index contributed by atoms with van der Waals surface area (Å²) >= 11 is 0. The monoisotopic (exact) mass is 437 g/mol. The number of anilines is 1. The molecule has 0 bridgehead atoms. The number of para-hydroxylation sites is 1. The smallest absolute Gasteiger partial charge is 0.191 e. The van der Waals surface area contributed by atoms with E-state index >= 15 is 0 Å². The van der Waals surface area contributed by atoms with Crippen LogP contribution < -0.4 is 15.5 Å². The van der Waals surface area contributed by atoms with Crippen LogP contribution >= 0.6 is 0 Å². The molecule has 32 heavy (non-hydrogen) atoms. The van der Waals surface area contributed by atoms with Gasteiger partial charge in [-0.15, -0.1) is 10.2 Å². The molecule has 1 heterocycles. The van der Waals surface area contributed by atoms with Gasteiger partial charge in [0.15, 0.2) is 11.8 Å². The van der Waals surface area contributed by atoms with Gasteiger partial charge in [0.25, 0.3) is 0 Å². The van der Waals surface area contributed by atoms with Gasteiger partial charge in [-0.1, -0.05) is 36.4 Å². The highest BCUT2D eigenvalue weighted by Crippen LogP contribution is 2.10. The van der Waals surface area contributed by atoms with Crippen LogP contribution in [0.2, 0.25) is 0 Å². The van der Waals surface area contributed by atoms with Gasteiger partial charge in [-0.2, -0.15) is 0 Å². The summed E-state index contributed by atoms with van der Waals surface area (Å²) in [4.78, 5) is 6.89. The molecule has 2 N–H and O–H groups in total. The molecule has 0 aliphatic carbocycles. The largest absolute Gasteiger partial charge is 0.375 e. The van der Waals surface area contributed by atoms with E-state index in [4.69, 9.17) is 0 Å². The molecule has 0 atom stereocenters. The number of guanidine groups is 1. The van der Waals surface area contributed by atoms with Crippen LogP contribution in [0.25, 0.3) is 0 Å². The van der Waals surface area contributed by atoms with Crippen molar-refractivity contribution >= 4 is 11.6 Å². The van der Waals surface area contributed by atoms with Crippen molar-refractivity contribution in [2.45, 2.75) is 26.3 Å². The van der Waals surface area contributed by atoms with Gasteiger partial charge in [0, 0.05) is 39.4 Å². The van der Waals surface area contributed by atoms with E-state index in [-0.39, 0.29) is 5.82 Å². The first-order chi connectivity index (χ1) is 15.5. The number of hydrogen-bond donors (Lipinski definition) is 2. The standard InChI is InChI=1S/C24H32FN7/c1-19-29-30-23(32(19)3)18-28-24(27-16-14-20-10-7-8-13-22(20)25)26-15-9-17-31(2)21-11-5-4-6-12-21/h4-8,10-13H,9,14-18H2,1-3H3,(H2,26,27,28). The SMILES string of the molecule is Cc1nnc(CN=C(NCCCN(C)c2ccccc2)NCCc2ccccc2F)n1C. The van der Waals surface area contributed by atoms with Crippen LogP contribution in [0.15, 0.2) is 59.6 Å². The average Bonchev–Trinajstić information content (AvgIpc) is 3.13. The molecule has 0 saturated carbocycles. The average molecular weight is 438 g/mol. The van der Waals surface area contributed by atoms with E-state index in [1.165, 1.54) is 11.8 Å². The molecule has 3 aromatic rings. The van der Waals surface area contributed by atoms with Gasteiger partial charge in [-0.3, -0.25) is 0 Å². The maximum atomic E-state index is 13.9. The summed E-state index contributed by atoms with van der Waals surface area (Å²) in [5.41, 5.74) is 1.88. The Balaban J connectivity index is 1.53. The summed E-state index contributed by atoms with van der Waals surface area (Å²) in [6.45, 7) is 4.59. The number of benzene rings is 2. The number of halogens is 1. The van der Waals surface area contributed by atoms with E-state index in [1.54, 1.807) is 6.07 Å². The number of nitrogens with zero attached hydrogens (tertiary/aromatic N) is 5. The summed E-state index contributed by atoms with van der Waals surface area (Å²) in [5, 5.41) is 15.0. The van der Waals surface area contributed by atoms with Gasteiger partial charge >= 0.3 is 0 Å². The molecule has 0 fully saturated rings. The third-order valence-electron chi connectivity index (χ3n) is 5.37. The predicted molar refractivity (Wildman–Crippen MR) is 127 cm³/mol. The van der Waals surface area contributed by atoms with Crippen molar-refractivity contribution in [3.05, 3.63) is 77.6 Å². The Morgan fingerprint density at radius 2 is 1.75 bits per heavy atom. The van der Waals surface area contributed by atoms with Crippen LogP contribution in [0.3, 0.4) is 0 Å². The molecule has 3 rings (SSSR count). The molecule has 0 saturated heterocycles. The lowest BCUT2D eigenvalue weighted by atomic mass is 10.1. The Bertz CT molecular complexity index is 1000. The number of aryl methyl sites for hydroxylation is 1. The molecule has 0 aliphatic heterocycles. The molecular formula is C24H32FN7. The lowest BCUT2D eigenvalue weighted by molar-refractivity contribution is 0.606. The van der Waals surface area contributed by atoms with Gasteiger partial charge in [-0.05, 0) is 43.5 Å². The third-order valence-corrected chi connectivity index (χ3v) is 5.37. The minimum absolute atomic E-state index is 0.181.